The number of rotatable bonds is 2. The summed E-state index contributed by atoms with van der Waals surface area (Å²) in [7, 11) is 0. The first-order chi connectivity index (χ1) is 10.1. The molecular formula is C17H13IN2O. The molecule has 104 valence electrons. The summed E-state index contributed by atoms with van der Waals surface area (Å²) in [5.74, 6) is 0.597. The molecule has 2 aromatic carbocycles. The maximum absolute atomic E-state index is 12.2. The van der Waals surface area contributed by atoms with Crippen molar-refractivity contribution in [1.82, 2.24) is 9.97 Å². The van der Waals surface area contributed by atoms with Gasteiger partial charge < -0.3 is 4.98 Å². The molecule has 0 saturated carbocycles. The van der Waals surface area contributed by atoms with Crippen molar-refractivity contribution in [2.24, 2.45) is 0 Å². The lowest BCUT2D eigenvalue weighted by molar-refractivity contribution is 1.11. The minimum Gasteiger partial charge on any atom is -0.306 e. The first-order valence-corrected chi connectivity index (χ1v) is 7.65. The number of hydrogen-bond acceptors (Lipinski definition) is 2. The number of halogens is 1. The van der Waals surface area contributed by atoms with Crippen LogP contribution < -0.4 is 5.56 Å². The largest absolute Gasteiger partial charge is 0.306 e. The molecule has 0 unspecified atom stereocenters. The summed E-state index contributed by atoms with van der Waals surface area (Å²) in [5, 5.41) is 0. The van der Waals surface area contributed by atoms with Gasteiger partial charge >= 0.3 is 0 Å². The highest BCUT2D eigenvalue weighted by Gasteiger charge is 2.11. The first kappa shape index (κ1) is 14.0. The third kappa shape index (κ3) is 2.90. The molecule has 0 fully saturated rings. The van der Waals surface area contributed by atoms with E-state index < -0.39 is 0 Å². The maximum atomic E-state index is 12.2. The van der Waals surface area contributed by atoms with Crippen molar-refractivity contribution in [1.29, 1.82) is 0 Å². The van der Waals surface area contributed by atoms with Crippen LogP contribution in [-0.4, -0.2) is 9.97 Å². The molecule has 4 heteroatoms. The van der Waals surface area contributed by atoms with E-state index in [1.807, 2.05) is 84.1 Å². The van der Waals surface area contributed by atoms with Gasteiger partial charge in [-0.05, 0) is 29.5 Å². The Morgan fingerprint density at radius 3 is 2.29 bits per heavy atom. The van der Waals surface area contributed by atoms with E-state index in [9.17, 15) is 4.79 Å². The van der Waals surface area contributed by atoms with Crippen LogP contribution in [0.4, 0.5) is 0 Å². The smallest absolute Gasteiger partial charge is 0.265 e. The molecule has 1 N–H and O–H groups in total. The standard InChI is InChI=1S/C17H13IN2O/c1-11-7-9-13(10-8-11)16-19-15(14(18)17(21)20-16)12-5-3-2-4-6-12/h2-10H,1H3,(H,19,20,21). The number of hydrogen-bond donors (Lipinski definition) is 1. The van der Waals surface area contributed by atoms with Crippen LogP contribution in [0.5, 0.6) is 0 Å². The highest BCUT2D eigenvalue weighted by atomic mass is 127. The van der Waals surface area contributed by atoms with E-state index in [1.165, 1.54) is 5.56 Å². The van der Waals surface area contributed by atoms with E-state index in [0.717, 1.165) is 16.8 Å². The Bertz CT molecular complexity index is 824. The zero-order valence-electron chi connectivity index (χ0n) is 11.4. The lowest BCUT2D eigenvalue weighted by Gasteiger charge is -2.07. The number of benzene rings is 2. The van der Waals surface area contributed by atoms with Gasteiger partial charge in [0.25, 0.3) is 5.56 Å². The number of aromatic amines is 1. The van der Waals surface area contributed by atoms with E-state index in [4.69, 9.17) is 0 Å². The molecule has 0 radical (unpaired) electrons. The van der Waals surface area contributed by atoms with Gasteiger partial charge in [-0.15, -0.1) is 0 Å². The van der Waals surface area contributed by atoms with Crippen LogP contribution in [0.2, 0.25) is 0 Å². The SMILES string of the molecule is Cc1ccc(-c2nc(-c3ccccc3)c(I)c(=O)[nH]2)cc1. The zero-order valence-corrected chi connectivity index (χ0v) is 13.6. The normalized spacial score (nSPS) is 10.6. The minimum absolute atomic E-state index is 0.111. The second kappa shape index (κ2) is 5.81. The number of aromatic nitrogens is 2. The Labute approximate surface area is 136 Å². The second-order valence-electron chi connectivity index (χ2n) is 4.81. The van der Waals surface area contributed by atoms with Crippen LogP contribution in [-0.2, 0) is 0 Å². The van der Waals surface area contributed by atoms with Crippen molar-refractivity contribution >= 4 is 22.6 Å². The summed E-state index contributed by atoms with van der Waals surface area (Å²) in [6.45, 7) is 2.03. The van der Waals surface area contributed by atoms with E-state index in [-0.39, 0.29) is 5.56 Å². The first-order valence-electron chi connectivity index (χ1n) is 6.57. The van der Waals surface area contributed by atoms with E-state index in [1.54, 1.807) is 0 Å². The molecule has 0 aliphatic heterocycles. The quantitative estimate of drug-likeness (QED) is 0.675. The summed E-state index contributed by atoms with van der Waals surface area (Å²) in [6.07, 6.45) is 0. The molecule has 0 saturated heterocycles. The number of nitrogens with one attached hydrogen (secondary N) is 1. The maximum Gasteiger partial charge on any atom is 0.265 e. The van der Waals surface area contributed by atoms with Gasteiger partial charge in [0.05, 0.1) is 5.69 Å². The fourth-order valence-corrected chi connectivity index (χ4v) is 2.66. The average Bonchev–Trinajstić information content (AvgIpc) is 2.51. The van der Waals surface area contributed by atoms with Gasteiger partial charge in [0.15, 0.2) is 0 Å². The van der Waals surface area contributed by atoms with E-state index in [0.29, 0.717) is 9.39 Å². The zero-order chi connectivity index (χ0) is 14.8. The van der Waals surface area contributed by atoms with Gasteiger partial charge in [-0.3, -0.25) is 4.79 Å². The molecule has 0 aliphatic rings. The van der Waals surface area contributed by atoms with Crippen LogP contribution >= 0.6 is 22.6 Å². The Morgan fingerprint density at radius 2 is 1.62 bits per heavy atom. The van der Waals surface area contributed by atoms with Crippen LogP contribution in [0.15, 0.2) is 59.4 Å². The number of H-pyrrole nitrogens is 1. The molecule has 21 heavy (non-hydrogen) atoms. The topological polar surface area (TPSA) is 45.8 Å². The third-order valence-corrected chi connectivity index (χ3v) is 4.24. The van der Waals surface area contributed by atoms with Crippen molar-refractivity contribution in [2.75, 3.05) is 0 Å². The molecule has 3 nitrogen and oxygen atoms in total. The summed E-state index contributed by atoms with van der Waals surface area (Å²) >= 11 is 2.04. The average molecular weight is 388 g/mol. The fraction of sp³-hybridized carbons (Fsp3) is 0.0588. The number of nitrogens with zero attached hydrogens (tertiary/aromatic N) is 1. The molecule has 1 heterocycles. The lowest BCUT2D eigenvalue weighted by Crippen LogP contribution is -2.14. The van der Waals surface area contributed by atoms with Gasteiger partial charge in [-0.25, -0.2) is 4.98 Å². The molecule has 1 aromatic heterocycles. The monoisotopic (exact) mass is 388 g/mol. The van der Waals surface area contributed by atoms with Crippen molar-refractivity contribution in [3.05, 3.63) is 74.1 Å². The van der Waals surface area contributed by atoms with Crippen LogP contribution in [0.1, 0.15) is 5.56 Å². The molecule has 3 aromatic rings. The Kier molecular flexibility index (Phi) is 3.88. The Morgan fingerprint density at radius 1 is 0.952 bits per heavy atom. The van der Waals surface area contributed by atoms with Gasteiger partial charge in [-0.1, -0.05) is 60.2 Å². The van der Waals surface area contributed by atoms with Crippen molar-refractivity contribution in [3.63, 3.8) is 0 Å². The molecule has 0 amide bonds. The number of aryl methyl sites for hydroxylation is 1. The van der Waals surface area contributed by atoms with Gasteiger partial charge in [0.2, 0.25) is 0 Å². The summed E-state index contributed by atoms with van der Waals surface area (Å²) in [5.41, 5.74) is 3.64. The van der Waals surface area contributed by atoms with Crippen molar-refractivity contribution in [2.45, 2.75) is 6.92 Å². The van der Waals surface area contributed by atoms with Crippen LogP contribution in [0.3, 0.4) is 0 Å². The summed E-state index contributed by atoms with van der Waals surface area (Å²) in [6, 6.07) is 17.7. The second-order valence-corrected chi connectivity index (χ2v) is 5.89. The molecule has 0 spiro atoms. The molecular weight excluding hydrogens is 375 g/mol. The predicted octanol–water partition coefficient (Wildman–Crippen LogP) is 4.02. The molecule has 0 atom stereocenters. The highest BCUT2D eigenvalue weighted by molar-refractivity contribution is 14.1. The van der Waals surface area contributed by atoms with Crippen LogP contribution in [0, 0.1) is 10.5 Å². The minimum atomic E-state index is -0.111. The van der Waals surface area contributed by atoms with Gasteiger partial charge in [0, 0.05) is 11.1 Å². The molecule has 0 bridgehead atoms. The van der Waals surface area contributed by atoms with Crippen molar-refractivity contribution < 1.29 is 0 Å². The molecule has 3 rings (SSSR count). The van der Waals surface area contributed by atoms with Crippen LogP contribution in [0.25, 0.3) is 22.6 Å². The van der Waals surface area contributed by atoms with Crippen molar-refractivity contribution in [3.8, 4) is 22.6 Å². The summed E-state index contributed by atoms with van der Waals surface area (Å²) in [4.78, 5) is 19.7. The Hall–Kier alpha value is -1.95. The Balaban J connectivity index is 2.19. The predicted molar refractivity (Wildman–Crippen MR) is 93.2 cm³/mol. The lowest BCUT2D eigenvalue weighted by atomic mass is 10.1. The van der Waals surface area contributed by atoms with Gasteiger partial charge in [0.1, 0.15) is 9.39 Å². The summed E-state index contributed by atoms with van der Waals surface area (Å²) < 4.78 is 0.606. The van der Waals surface area contributed by atoms with E-state index >= 15 is 0 Å². The van der Waals surface area contributed by atoms with E-state index in [2.05, 4.69) is 9.97 Å². The highest BCUT2D eigenvalue weighted by Crippen LogP contribution is 2.23. The third-order valence-electron chi connectivity index (χ3n) is 3.24. The fourth-order valence-electron chi connectivity index (χ4n) is 2.09. The molecule has 0 aliphatic carbocycles. The van der Waals surface area contributed by atoms with Gasteiger partial charge in [-0.2, -0.15) is 0 Å².